The monoisotopic (exact) mass is 924 g/mol. The largest absolute Gasteiger partial charge is 0.489 e. The maximum absolute atomic E-state index is 13.5. The predicted molar refractivity (Wildman–Crippen MR) is 251 cm³/mol. The van der Waals surface area contributed by atoms with Crippen molar-refractivity contribution in [1.29, 1.82) is 0 Å². The molecular formula is C45H60Cl4N4O4S2. The third kappa shape index (κ3) is 13.8. The van der Waals surface area contributed by atoms with E-state index in [-0.39, 0.29) is 23.9 Å². The van der Waals surface area contributed by atoms with Gasteiger partial charge in [-0.25, -0.2) is 17.9 Å². The molecule has 5 rings (SSSR count). The Morgan fingerprint density at radius 3 is 1.76 bits per heavy atom. The van der Waals surface area contributed by atoms with E-state index in [1.807, 2.05) is 59.8 Å². The Morgan fingerprint density at radius 2 is 1.25 bits per heavy atom. The lowest BCUT2D eigenvalue weighted by Crippen LogP contribution is -2.42. The molecule has 324 valence electrons. The Morgan fingerprint density at radius 1 is 0.763 bits per heavy atom. The highest BCUT2D eigenvalue weighted by atomic mass is 35.5. The van der Waals surface area contributed by atoms with Gasteiger partial charge in [0.15, 0.2) is 0 Å². The Bertz CT molecular complexity index is 1970. The summed E-state index contributed by atoms with van der Waals surface area (Å²) in [4.78, 5) is 2.47. The minimum atomic E-state index is -1.32. The van der Waals surface area contributed by atoms with Crippen molar-refractivity contribution >= 4 is 74.5 Å². The molecule has 3 N–H and O–H groups in total. The first-order valence-electron chi connectivity index (χ1n) is 20.3. The van der Waals surface area contributed by atoms with E-state index in [4.69, 9.17) is 55.9 Å². The molecule has 0 bridgehead atoms. The number of piperidine rings is 2. The number of rotatable bonds is 17. The molecule has 2 heterocycles. The Balaban J connectivity index is 1.25. The summed E-state index contributed by atoms with van der Waals surface area (Å²) in [6.07, 6.45) is 9.44. The van der Waals surface area contributed by atoms with Crippen LogP contribution in [0.5, 0.6) is 11.5 Å². The summed E-state index contributed by atoms with van der Waals surface area (Å²) < 4.78 is 45.3. The number of nitrogens with zero attached hydrogens (tertiary/aromatic N) is 1. The summed E-state index contributed by atoms with van der Waals surface area (Å²) in [5.41, 5.74) is 4.01. The van der Waals surface area contributed by atoms with Gasteiger partial charge in [0.1, 0.15) is 24.7 Å². The minimum Gasteiger partial charge on any atom is -0.489 e. The third-order valence-electron chi connectivity index (χ3n) is 10.7. The van der Waals surface area contributed by atoms with Crippen LogP contribution in [-0.4, -0.2) is 62.2 Å². The highest BCUT2D eigenvalue weighted by Crippen LogP contribution is 2.42. The molecule has 0 aromatic heterocycles. The first kappa shape index (κ1) is 48.1. The molecule has 2 aliphatic rings. The Labute approximate surface area is 377 Å². The molecule has 4 unspecified atom stereocenters. The van der Waals surface area contributed by atoms with Crippen LogP contribution < -0.4 is 24.2 Å². The van der Waals surface area contributed by atoms with Gasteiger partial charge in [0, 0.05) is 29.8 Å². The summed E-state index contributed by atoms with van der Waals surface area (Å²) in [7, 11) is -2.62. The average molecular weight is 927 g/mol. The maximum Gasteiger partial charge on any atom is 0.126 e. The molecule has 3 aromatic rings. The topological polar surface area (TPSA) is 91.9 Å². The smallest absolute Gasteiger partial charge is 0.126 e. The second-order valence-corrected chi connectivity index (χ2v) is 22.9. The van der Waals surface area contributed by atoms with Crippen molar-refractivity contribution in [2.24, 2.45) is 11.8 Å². The molecule has 0 aliphatic carbocycles. The Hall–Kier alpha value is -1.96. The van der Waals surface area contributed by atoms with E-state index in [0.717, 1.165) is 75.1 Å². The van der Waals surface area contributed by atoms with E-state index in [1.54, 1.807) is 18.2 Å². The second-order valence-electron chi connectivity index (χ2n) is 17.3. The molecule has 0 radical (unpaired) electrons. The molecule has 2 fully saturated rings. The van der Waals surface area contributed by atoms with E-state index in [2.05, 4.69) is 56.6 Å². The summed E-state index contributed by atoms with van der Waals surface area (Å²) in [5.74, 6) is 1.69. The molecule has 8 nitrogen and oxygen atoms in total. The lowest BCUT2D eigenvalue weighted by molar-refractivity contribution is 0.158. The molecule has 3 aromatic carbocycles. The highest BCUT2D eigenvalue weighted by molar-refractivity contribution is 7.84. The van der Waals surface area contributed by atoms with Gasteiger partial charge in [-0.3, -0.25) is 4.90 Å². The second kappa shape index (κ2) is 21.9. The van der Waals surface area contributed by atoms with Crippen LogP contribution in [0.4, 0.5) is 0 Å². The zero-order valence-corrected chi connectivity index (χ0v) is 39.7. The van der Waals surface area contributed by atoms with Crippen LogP contribution in [0.3, 0.4) is 0 Å². The highest BCUT2D eigenvalue weighted by Gasteiger charge is 2.35. The van der Waals surface area contributed by atoms with Crippen LogP contribution >= 0.6 is 46.4 Å². The van der Waals surface area contributed by atoms with Crippen molar-refractivity contribution in [3.05, 3.63) is 110 Å². The molecule has 4 atom stereocenters. The zero-order chi connectivity index (χ0) is 42.9. The van der Waals surface area contributed by atoms with E-state index < -0.39 is 31.5 Å². The van der Waals surface area contributed by atoms with Gasteiger partial charge in [0.25, 0.3) is 0 Å². The molecule has 2 aliphatic heterocycles. The van der Waals surface area contributed by atoms with E-state index in [9.17, 15) is 8.42 Å². The first-order valence-corrected chi connectivity index (χ1v) is 24.1. The van der Waals surface area contributed by atoms with Gasteiger partial charge in [-0.2, -0.15) is 0 Å². The van der Waals surface area contributed by atoms with Crippen molar-refractivity contribution < 1.29 is 17.9 Å². The quantitative estimate of drug-likeness (QED) is 0.117. The van der Waals surface area contributed by atoms with Gasteiger partial charge >= 0.3 is 0 Å². The lowest BCUT2D eigenvalue weighted by atomic mass is 9.85. The van der Waals surface area contributed by atoms with Crippen LogP contribution in [-0.2, 0) is 28.5 Å². The third-order valence-corrected chi connectivity index (χ3v) is 15.3. The fourth-order valence-electron chi connectivity index (χ4n) is 7.38. The minimum absolute atomic E-state index is 0.192. The van der Waals surface area contributed by atoms with Gasteiger partial charge in [0.2, 0.25) is 0 Å². The maximum atomic E-state index is 13.5. The van der Waals surface area contributed by atoms with E-state index in [0.29, 0.717) is 44.8 Å². The number of hydrogen-bond acceptors (Lipinski definition) is 6. The fourth-order valence-corrected chi connectivity index (χ4v) is 9.84. The molecule has 0 saturated carbocycles. The van der Waals surface area contributed by atoms with Gasteiger partial charge in [-0.15, -0.1) is 0 Å². The molecule has 59 heavy (non-hydrogen) atoms. The van der Waals surface area contributed by atoms with Gasteiger partial charge in [0.05, 0.1) is 63.6 Å². The van der Waals surface area contributed by atoms with Crippen LogP contribution in [0.2, 0.25) is 20.1 Å². The predicted octanol–water partition coefficient (Wildman–Crippen LogP) is 11.1. The van der Waals surface area contributed by atoms with E-state index in [1.165, 1.54) is 5.56 Å². The van der Waals surface area contributed by atoms with Gasteiger partial charge < -0.3 is 14.8 Å². The van der Waals surface area contributed by atoms with Crippen molar-refractivity contribution in [1.82, 2.24) is 19.7 Å². The van der Waals surface area contributed by atoms with E-state index >= 15 is 0 Å². The van der Waals surface area contributed by atoms with Gasteiger partial charge in [-0.05, 0) is 135 Å². The van der Waals surface area contributed by atoms with Gasteiger partial charge in [-0.1, -0.05) is 89.4 Å². The van der Waals surface area contributed by atoms with Crippen LogP contribution in [0.15, 0.2) is 67.3 Å². The van der Waals surface area contributed by atoms with Crippen molar-refractivity contribution in [2.75, 3.05) is 39.4 Å². The average Bonchev–Trinajstić information content (AvgIpc) is 3.19. The zero-order valence-electron chi connectivity index (χ0n) is 35.1. The lowest BCUT2D eigenvalue weighted by Gasteiger charge is -2.38. The molecule has 14 heteroatoms. The number of benzene rings is 3. The number of hydrogen-bond donors (Lipinski definition) is 3. The van der Waals surface area contributed by atoms with Crippen LogP contribution in [0, 0.1) is 11.8 Å². The molecule has 0 amide bonds. The number of likely N-dealkylation sites (tertiary alicyclic amines) is 1. The van der Waals surface area contributed by atoms with Crippen molar-refractivity contribution in [3.63, 3.8) is 0 Å². The summed E-state index contributed by atoms with van der Waals surface area (Å²) >= 11 is 26.1. The standard InChI is InChI=1S/C45H60Cl4N4O4S2/c1-8-22-56-40-27-38(48)36(46)25-34(40)43(52-59(55)45(5,6)7)33-16-20-53(21-17-33)29-31-12-9-11-30(24-31)13-10-23-57-41-28-39(49)37(47)26-35(41)42(32-14-18-50-19-15-32)51-58(54)44(2,3)4/h8-13,24-28,32-33,42-43,50-52H,1,14-23,29H2,2-7H3/b13-10-. The number of nitrogens with one attached hydrogen (secondary N) is 3. The fraction of sp³-hybridized carbons (Fsp3) is 0.511. The van der Waals surface area contributed by atoms with Crippen LogP contribution in [0.25, 0.3) is 6.08 Å². The Kier molecular flexibility index (Phi) is 17.8. The normalized spacial score (nSPS) is 18.4. The summed E-state index contributed by atoms with van der Waals surface area (Å²) in [5, 5.41) is 5.13. The molecular weight excluding hydrogens is 866 g/mol. The molecule has 0 spiro atoms. The molecule has 2 saturated heterocycles. The first-order chi connectivity index (χ1) is 27.9. The summed E-state index contributed by atoms with van der Waals surface area (Å²) in [6.45, 7) is 20.6. The number of ether oxygens (including phenoxy) is 2. The van der Waals surface area contributed by atoms with Crippen LogP contribution in [0.1, 0.15) is 102 Å². The number of halogens is 4. The van der Waals surface area contributed by atoms with Crippen molar-refractivity contribution in [2.45, 2.75) is 95.3 Å². The summed E-state index contributed by atoms with van der Waals surface area (Å²) in [6, 6.07) is 15.3. The SMILES string of the molecule is C=CCOc1cc(Cl)c(Cl)cc1C(NS(=O)C(C)(C)C)C1CCN(Cc2cccc(/C=C\COc3cc(Cl)c(Cl)cc3C(NS(=O)C(C)(C)C)C3CCNCC3)c2)CC1. The van der Waals surface area contributed by atoms with Crippen molar-refractivity contribution in [3.8, 4) is 11.5 Å².